The fourth-order valence-electron chi connectivity index (χ4n) is 2.88. The van der Waals surface area contributed by atoms with Gasteiger partial charge in [-0.1, -0.05) is 6.92 Å². The minimum atomic E-state index is -0.0593. The van der Waals surface area contributed by atoms with E-state index in [2.05, 4.69) is 10.4 Å². The van der Waals surface area contributed by atoms with Crippen LogP contribution in [-0.4, -0.2) is 21.7 Å². The van der Waals surface area contributed by atoms with Crippen LogP contribution in [0.4, 0.5) is 5.69 Å². The summed E-state index contributed by atoms with van der Waals surface area (Å²) in [5.41, 5.74) is 7.89. The number of aromatic nitrogens is 2. The highest BCUT2D eigenvalue weighted by Crippen LogP contribution is 2.44. The Hall–Kier alpha value is -1.52. The van der Waals surface area contributed by atoms with Gasteiger partial charge in [0.1, 0.15) is 5.69 Å². The molecule has 0 unspecified atom stereocenters. The van der Waals surface area contributed by atoms with Crippen LogP contribution in [0, 0.1) is 11.8 Å². The van der Waals surface area contributed by atoms with E-state index < -0.39 is 0 Å². The zero-order valence-corrected chi connectivity index (χ0v) is 11.6. The SMILES string of the molecule is CCc1nn(C)c(C(=O)NC(C2CC2)C2CC2)c1N. The molecule has 1 heterocycles. The van der Waals surface area contributed by atoms with Crippen LogP contribution in [0.15, 0.2) is 0 Å². The van der Waals surface area contributed by atoms with Crippen molar-refractivity contribution in [3.8, 4) is 0 Å². The van der Waals surface area contributed by atoms with Crippen LogP contribution in [0.2, 0.25) is 0 Å². The Balaban J connectivity index is 1.77. The molecule has 0 radical (unpaired) electrons. The highest BCUT2D eigenvalue weighted by atomic mass is 16.2. The molecule has 5 heteroatoms. The van der Waals surface area contributed by atoms with E-state index >= 15 is 0 Å². The summed E-state index contributed by atoms with van der Waals surface area (Å²) >= 11 is 0. The van der Waals surface area contributed by atoms with Crippen LogP contribution in [0.5, 0.6) is 0 Å². The molecule has 0 aromatic carbocycles. The van der Waals surface area contributed by atoms with Gasteiger partial charge in [0.05, 0.1) is 11.4 Å². The van der Waals surface area contributed by atoms with E-state index in [4.69, 9.17) is 5.73 Å². The van der Waals surface area contributed by atoms with Crippen molar-refractivity contribution in [1.82, 2.24) is 15.1 Å². The smallest absolute Gasteiger partial charge is 0.271 e. The molecule has 0 bridgehead atoms. The van der Waals surface area contributed by atoms with Crippen molar-refractivity contribution in [1.29, 1.82) is 0 Å². The van der Waals surface area contributed by atoms with Crippen LogP contribution in [0.25, 0.3) is 0 Å². The second-order valence-electron chi connectivity index (χ2n) is 5.86. The third-order valence-electron chi connectivity index (χ3n) is 4.27. The van der Waals surface area contributed by atoms with E-state index in [1.165, 1.54) is 25.7 Å². The van der Waals surface area contributed by atoms with E-state index in [1.54, 1.807) is 11.7 Å². The maximum Gasteiger partial charge on any atom is 0.271 e. The van der Waals surface area contributed by atoms with Gasteiger partial charge in [-0.15, -0.1) is 0 Å². The largest absolute Gasteiger partial charge is 0.395 e. The van der Waals surface area contributed by atoms with Crippen molar-refractivity contribution >= 4 is 11.6 Å². The molecule has 2 aliphatic rings. The van der Waals surface area contributed by atoms with Gasteiger partial charge in [0.2, 0.25) is 0 Å². The maximum atomic E-state index is 12.4. The monoisotopic (exact) mass is 262 g/mol. The number of amides is 1. The second kappa shape index (κ2) is 4.54. The fraction of sp³-hybridized carbons (Fsp3) is 0.714. The number of aryl methyl sites for hydroxylation is 2. The first-order chi connectivity index (χ1) is 9.11. The zero-order chi connectivity index (χ0) is 13.6. The topological polar surface area (TPSA) is 72.9 Å². The molecule has 0 aliphatic heterocycles. The van der Waals surface area contributed by atoms with Crippen molar-refractivity contribution < 1.29 is 4.79 Å². The molecule has 0 spiro atoms. The van der Waals surface area contributed by atoms with Crippen LogP contribution in [0.1, 0.15) is 48.8 Å². The maximum absolute atomic E-state index is 12.4. The van der Waals surface area contributed by atoms with Gasteiger partial charge in [-0.05, 0) is 43.9 Å². The summed E-state index contributed by atoms with van der Waals surface area (Å²) in [6.45, 7) is 2.00. The van der Waals surface area contributed by atoms with Crippen LogP contribution < -0.4 is 11.1 Å². The number of carbonyl (C=O) groups is 1. The van der Waals surface area contributed by atoms with Gasteiger partial charge in [-0.25, -0.2) is 0 Å². The number of hydrogen-bond donors (Lipinski definition) is 2. The molecule has 0 atom stereocenters. The van der Waals surface area contributed by atoms with Gasteiger partial charge < -0.3 is 11.1 Å². The van der Waals surface area contributed by atoms with Crippen molar-refractivity contribution in [2.75, 3.05) is 5.73 Å². The summed E-state index contributed by atoms with van der Waals surface area (Å²) in [7, 11) is 1.79. The molecule has 0 saturated heterocycles. The Morgan fingerprint density at radius 3 is 2.42 bits per heavy atom. The summed E-state index contributed by atoms with van der Waals surface area (Å²) in [6.07, 6.45) is 5.76. The minimum Gasteiger partial charge on any atom is -0.395 e. The summed E-state index contributed by atoms with van der Waals surface area (Å²) in [4.78, 5) is 12.4. The highest BCUT2D eigenvalue weighted by molar-refractivity contribution is 5.98. The Morgan fingerprint density at radius 2 is 2.00 bits per heavy atom. The minimum absolute atomic E-state index is 0.0593. The Kier molecular flexibility index (Phi) is 2.99. The van der Waals surface area contributed by atoms with Gasteiger partial charge in [0.25, 0.3) is 5.91 Å². The first-order valence-electron chi connectivity index (χ1n) is 7.24. The fourth-order valence-corrected chi connectivity index (χ4v) is 2.88. The third-order valence-corrected chi connectivity index (χ3v) is 4.27. The molecule has 5 nitrogen and oxygen atoms in total. The zero-order valence-electron chi connectivity index (χ0n) is 11.6. The lowest BCUT2D eigenvalue weighted by Gasteiger charge is -2.17. The number of nitrogens with zero attached hydrogens (tertiary/aromatic N) is 2. The van der Waals surface area contributed by atoms with Crippen LogP contribution in [-0.2, 0) is 13.5 Å². The lowest BCUT2D eigenvalue weighted by molar-refractivity contribution is 0.0917. The number of nitrogen functional groups attached to an aromatic ring is 1. The highest BCUT2D eigenvalue weighted by Gasteiger charge is 2.42. The number of nitrogens with one attached hydrogen (secondary N) is 1. The quantitative estimate of drug-likeness (QED) is 0.844. The molecule has 104 valence electrons. The normalized spacial score (nSPS) is 18.9. The van der Waals surface area contributed by atoms with Crippen molar-refractivity contribution in [2.45, 2.75) is 45.1 Å². The average molecular weight is 262 g/mol. The standard InChI is InChI=1S/C14H22N4O/c1-3-10-11(15)13(18(2)17-10)14(19)16-12(8-4-5-8)9-6-7-9/h8-9,12H,3-7,15H2,1-2H3,(H,16,19). The Morgan fingerprint density at radius 1 is 1.42 bits per heavy atom. The van der Waals surface area contributed by atoms with Gasteiger partial charge in [-0.3, -0.25) is 9.48 Å². The lowest BCUT2D eigenvalue weighted by atomic mass is 10.1. The van der Waals surface area contributed by atoms with E-state index in [0.717, 1.165) is 12.1 Å². The lowest BCUT2D eigenvalue weighted by Crippen LogP contribution is -2.39. The Bertz CT molecular complexity index is 488. The van der Waals surface area contributed by atoms with E-state index in [1.807, 2.05) is 6.92 Å². The van der Waals surface area contributed by atoms with Crippen molar-refractivity contribution in [3.05, 3.63) is 11.4 Å². The first-order valence-corrected chi connectivity index (χ1v) is 7.24. The number of rotatable bonds is 5. The summed E-state index contributed by atoms with van der Waals surface area (Å²) in [5.74, 6) is 1.32. The molecule has 1 aromatic heterocycles. The van der Waals surface area contributed by atoms with Gasteiger partial charge in [-0.2, -0.15) is 5.10 Å². The number of anilines is 1. The second-order valence-corrected chi connectivity index (χ2v) is 5.86. The van der Waals surface area contributed by atoms with E-state index in [0.29, 0.717) is 29.3 Å². The summed E-state index contributed by atoms with van der Waals surface area (Å²) in [5, 5.41) is 7.51. The molecular formula is C14H22N4O. The van der Waals surface area contributed by atoms with E-state index in [-0.39, 0.29) is 5.91 Å². The predicted molar refractivity (Wildman–Crippen MR) is 73.7 cm³/mol. The predicted octanol–water partition coefficient (Wildman–Crippen LogP) is 1.48. The average Bonchev–Trinajstić information content (AvgIpc) is 3.26. The van der Waals surface area contributed by atoms with Crippen molar-refractivity contribution in [2.24, 2.45) is 18.9 Å². The molecule has 3 rings (SSSR count). The van der Waals surface area contributed by atoms with Gasteiger partial charge >= 0.3 is 0 Å². The summed E-state index contributed by atoms with van der Waals surface area (Å²) < 4.78 is 1.61. The molecular weight excluding hydrogens is 240 g/mol. The van der Waals surface area contributed by atoms with Crippen LogP contribution >= 0.6 is 0 Å². The first kappa shape index (κ1) is 12.5. The molecule has 3 N–H and O–H groups in total. The molecule has 2 aliphatic carbocycles. The molecule has 1 aromatic rings. The molecule has 2 fully saturated rings. The van der Waals surface area contributed by atoms with Gasteiger partial charge in [0.15, 0.2) is 0 Å². The number of hydrogen-bond acceptors (Lipinski definition) is 3. The van der Waals surface area contributed by atoms with Crippen molar-refractivity contribution in [3.63, 3.8) is 0 Å². The van der Waals surface area contributed by atoms with E-state index in [9.17, 15) is 4.79 Å². The number of carbonyl (C=O) groups excluding carboxylic acids is 1. The molecule has 2 saturated carbocycles. The number of nitrogens with two attached hydrogens (primary N) is 1. The molecule has 1 amide bonds. The van der Waals surface area contributed by atoms with Gasteiger partial charge in [0, 0.05) is 13.1 Å². The Labute approximate surface area is 113 Å². The summed E-state index contributed by atoms with van der Waals surface area (Å²) in [6, 6.07) is 0.354. The third kappa shape index (κ3) is 2.33. The van der Waals surface area contributed by atoms with Crippen LogP contribution in [0.3, 0.4) is 0 Å². The molecule has 19 heavy (non-hydrogen) atoms.